The molecule has 1 aliphatic heterocycles. The van der Waals surface area contributed by atoms with Crippen molar-refractivity contribution in [1.29, 1.82) is 5.26 Å². The highest BCUT2D eigenvalue weighted by Gasteiger charge is 2.41. The van der Waals surface area contributed by atoms with Crippen LogP contribution in [0.15, 0.2) is 64.7 Å². The maximum absolute atomic E-state index is 13.7. The molecular formula is C31H31ClF3N7O3S. The third kappa shape index (κ3) is 6.72. The number of likely N-dealkylation sites (N-methyl/N-ethyl adjacent to an activating group) is 1. The number of carbonyl (C=O) groups is 1. The Bertz CT molecular complexity index is 1910. The number of nitriles is 1. The highest BCUT2D eigenvalue weighted by molar-refractivity contribution is 7.11. The monoisotopic (exact) mass is 673 g/mol. The van der Waals surface area contributed by atoms with Crippen LogP contribution in [-0.4, -0.2) is 58.0 Å². The topological polar surface area (TPSA) is 117 Å². The van der Waals surface area contributed by atoms with Gasteiger partial charge in [-0.1, -0.05) is 12.1 Å². The zero-order valence-electron chi connectivity index (χ0n) is 25.6. The van der Waals surface area contributed by atoms with Crippen LogP contribution in [0.4, 0.5) is 24.8 Å². The summed E-state index contributed by atoms with van der Waals surface area (Å²) in [5, 5.41) is 17.3. The minimum absolute atomic E-state index is 0. The Balaban J connectivity index is 0.00000480. The number of benzene rings is 2. The summed E-state index contributed by atoms with van der Waals surface area (Å²) in [6.45, 7) is 4.90. The van der Waals surface area contributed by atoms with E-state index in [0.29, 0.717) is 28.6 Å². The second-order valence-corrected chi connectivity index (χ2v) is 12.7. The van der Waals surface area contributed by atoms with E-state index >= 15 is 0 Å². The van der Waals surface area contributed by atoms with Gasteiger partial charge in [-0.15, -0.1) is 16.4 Å². The van der Waals surface area contributed by atoms with E-state index in [1.54, 1.807) is 36.5 Å². The number of nitrogens with zero attached hydrogens (tertiary/aromatic N) is 6. The number of allylic oxidation sites excluding steroid dienone is 1. The van der Waals surface area contributed by atoms with Crippen LogP contribution in [0.2, 0.25) is 0 Å². The van der Waals surface area contributed by atoms with Crippen LogP contribution in [0, 0.1) is 18.3 Å². The van der Waals surface area contributed by atoms with Crippen molar-refractivity contribution in [3.05, 3.63) is 103 Å². The number of alkyl halides is 3. The van der Waals surface area contributed by atoms with Gasteiger partial charge >= 0.3 is 17.8 Å². The number of carbonyl (C=O) groups excluding carboxylic acids is 1. The molecule has 2 aromatic carbocycles. The molecule has 2 aromatic heterocycles. The fourth-order valence-corrected chi connectivity index (χ4v) is 6.64. The van der Waals surface area contributed by atoms with E-state index in [4.69, 9.17) is 4.74 Å². The first-order valence-electron chi connectivity index (χ1n) is 13.9. The molecule has 1 unspecified atom stereocenters. The predicted molar refractivity (Wildman–Crippen MR) is 162 cm³/mol. The Morgan fingerprint density at radius 1 is 1.20 bits per heavy atom. The van der Waals surface area contributed by atoms with Crippen molar-refractivity contribution < 1.29 is 39.6 Å². The average molecular weight is 674 g/mol. The number of aryl methyl sites for hydroxylation is 1. The highest BCUT2D eigenvalue weighted by Crippen LogP contribution is 2.43. The minimum atomic E-state index is -4.62. The van der Waals surface area contributed by atoms with Crippen molar-refractivity contribution in [1.82, 2.24) is 19.7 Å². The second-order valence-electron chi connectivity index (χ2n) is 11.4. The molecule has 1 atom stereocenters. The fourth-order valence-electron chi connectivity index (χ4n) is 5.64. The third-order valence-corrected chi connectivity index (χ3v) is 8.68. The standard InChI is InChI=1S/C31H30F3N7O3S.ClH/c1-18-26(28(42)44-5)27(40-29(37-38-30(40)43)39(18)23-8-6-7-22(14-23)31(32,33)34)25-10-9-20(15-35)13-21(25)11-12-41(3,4)17-24-16-36-19(2)45-24;/h6-10,13-14,16,27H,11-12,17H2,1-5H3;1H. The quantitative estimate of drug-likeness (QED) is 0.225. The number of quaternary nitrogens is 1. The van der Waals surface area contributed by atoms with Crippen LogP contribution in [0.5, 0.6) is 0 Å². The van der Waals surface area contributed by atoms with Crippen molar-refractivity contribution in [2.24, 2.45) is 0 Å². The number of aromatic amines is 1. The molecule has 0 bridgehead atoms. The number of ether oxygens (including phenoxy) is 1. The van der Waals surface area contributed by atoms with Gasteiger partial charge in [0.15, 0.2) is 0 Å². The molecule has 0 radical (unpaired) electrons. The molecule has 1 aliphatic rings. The number of nitrogens with one attached hydrogen (secondary N) is 1. The van der Waals surface area contributed by atoms with E-state index < -0.39 is 29.4 Å². The molecule has 0 amide bonds. The second kappa shape index (κ2) is 13.1. The number of thiazole rings is 1. The van der Waals surface area contributed by atoms with Crippen LogP contribution in [-0.2, 0) is 28.7 Å². The first-order valence-corrected chi connectivity index (χ1v) is 14.8. The van der Waals surface area contributed by atoms with E-state index in [1.165, 1.54) is 28.7 Å². The molecule has 46 heavy (non-hydrogen) atoms. The van der Waals surface area contributed by atoms with Crippen molar-refractivity contribution in [2.45, 2.75) is 39.0 Å². The van der Waals surface area contributed by atoms with Crippen LogP contribution < -0.4 is 23.0 Å². The number of aromatic nitrogens is 4. The molecule has 10 nitrogen and oxygen atoms in total. The lowest BCUT2D eigenvalue weighted by Crippen LogP contribution is -3.00. The molecule has 0 saturated carbocycles. The van der Waals surface area contributed by atoms with Crippen molar-refractivity contribution >= 4 is 28.9 Å². The minimum Gasteiger partial charge on any atom is -1.00 e. The molecule has 1 N–H and O–H groups in total. The fraction of sp³-hybridized carbons (Fsp3) is 0.323. The zero-order valence-corrected chi connectivity index (χ0v) is 27.2. The predicted octanol–water partition coefficient (Wildman–Crippen LogP) is 2.24. The molecule has 15 heteroatoms. The summed E-state index contributed by atoms with van der Waals surface area (Å²) >= 11 is 1.63. The van der Waals surface area contributed by atoms with Crippen LogP contribution >= 0.6 is 11.3 Å². The van der Waals surface area contributed by atoms with Crippen molar-refractivity contribution in [3.63, 3.8) is 0 Å². The van der Waals surface area contributed by atoms with Gasteiger partial charge in [0, 0.05) is 24.0 Å². The molecule has 3 heterocycles. The van der Waals surface area contributed by atoms with E-state index in [1.807, 2.05) is 13.1 Å². The number of rotatable bonds is 8. The van der Waals surface area contributed by atoms with Crippen LogP contribution in [0.25, 0.3) is 0 Å². The van der Waals surface area contributed by atoms with E-state index in [9.17, 15) is 28.0 Å². The number of halogens is 4. The summed E-state index contributed by atoms with van der Waals surface area (Å²) < 4.78 is 48.0. The lowest BCUT2D eigenvalue weighted by Gasteiger charge is -2.36. The van der Waals surface area contributed by atoms with Crippen molar-refractivity contribution in [2.75, 3.05) is 32.6 Å². The van der Waals surface area contributed by atoms with Crippen LogP contribution in [0.1, 0.15) is 45.1 Å². The molecular weight excluding hydrogens is 643 g/mol. The Labute approximate surface area is 273 Å². The molecule has 4 aromatic rings. The van der Waals surface area contributed by atoms with Gasteiger partial charge in [0.25, 0.3) is 0 Å². The van der Waals surface area contributed by atoms with Crippen molar-refractivity contribution in [3.8, 4) is 6.07 Å². The number of H-pyrrole nitrogens is 1. The first-order chi connectivity index (χ1) is 21.2. The Morgan fingerprint density at radius 3 is 2.57 bits per heavy atom. The number of methoxy groups -OCH3 is 1. The van der Waals surface area contributed by atoms with Gasteiger partial charge in [0.05, 0.1) is 60.4 Å². The van der Waals surface area contributed by atoms with Crippen LogP contribution in [0.3, 0.4) is 0 Å². The summed E-state index contributed by atoms with van der Waals surface area (Å²) in [5.41, 5.74) is 0.464. The Morgan fingerprint density at radius 2 is 1.93 bits per heavy atom. The first kappa shape index (κ1) is 34.4. The molecule has 0 saturated heterocycles. The van der Waals surface area contributed by atoms with Gasteiger partial charge < -0.3 is 21.6 Å². The molecule has 0 spiro atoms. The van der Waals surface area contributed by atoms with Gasteiger partial charge in [0.2, 0.25) is 5.95 Å². The normalized spacial score (nSPS) is 14.8. The van der Waals surface area contributed by atoms with E-state index in [0.717, 1.165) is 34.1 Å². The van der Waals surface area contributed by atoms with Gasteiger partial charge in [-0.2, -0.15) is 18.4 Å². The average Bonchev–Trinajstić information content (AvgIpc) is 3.58. The number of fused-ring (bicyclic) bond motifs is 1. The summed E-state index contributed by atoms with van der Waals surface area (Å²) in [4.78, 5) is 33.7. The maximum atomic E-state index is 13.7. The summed E-state index contributed by atoms with van der Waals surface area (Å²) in [6, 6.07) is 10.7. The number of esters is 1. The molecule has 0 aliphatic carbocycles. The molecule has 5 rings (SSSR count). The lowest BCUT2D eigenvalue weighted by atomic mass is 9.89. The number of hydrogen-bond acceptors (Lipinski definition) is 8. The summed E-state index contributed by atoms with van der Waals surface area (Å²) in [6.07, 6.45) is -2.27. The van der Waals surface area contributed by atoms with Gasteiger partial charge in [0.1, 0.15) is 12.6 Å². The van der Waals surface area contributed by atoms with Gasteiger partial charge in [-0.3, -0.25) is 4.90 Å². The molecule has 242 valence electrons. The molecule has 0 fully saturated rings. The Hall–Kier alpha value is -4.45. The largest absolute Gasteiger partial charge is 1.00 e. The maximum Gasteiger partial charge on any atom is 0.416 e. The summed E-state index contributed by atoms with van der Waals surface area (Å²) in [7, 11) is 5.36. The smallest absolute Gasteiger partial charge is 0.416 e. The zero-order chi connectivity index (χ0) is 32.7. The number of anilines is 2. The SMILES string of the molecule is COC(=O)C1=C(C)N(c2cccc(C(F)(F)F)c2)c2n[nH]c(=O)n2C1c1ccc(C#N)cc1CC[N+](C)(C)Cc1cnc(C)s1.[Cl-]. The Kier molecular flexibility index (Phi) is 9.81. The van der Waals surface area contributed by atoms with Gasteiger partial charge in [-0.25, -0.2) is 24.2 Å². The van der Waals surface area contributed by atoms with E-state index in [-0.39, 0.29) is 35.3 Å². The van der Waals surface area contributed by atoms with E-state index in [2.05, 4.69) is 35.3 Å². The summed E-state index contributed by atoms with van der Waals surface area (Å²) in [5.74, 6) is -0.762. The number of hydrogen-bond donors (Lipinski definition) is 1. The third-order valence-electron chi connectivity index (χ3n) is 7.79. The highest BCUT2D eigenvalue weighted by atomic mass is 35.5. The lowest BCUT2D eigenvalue weighted by molar-refractivity contribution is -0.903. The van der Waals surface area contributed by atoms with Gasteiger partial charge in [-0.05, 0) is 55.3 Å².